The Hall–Kier alpha value is -1.35. The van der Waals surface area contributed by atoms with Gasteiger partial charge >= 0.3 is 0 Å². The van der Waals surface area contributed by atoms with E-state index >= 15 is 0 Å². The lowest BCUT2D eigenvalue weighted by Gasteiger charge is -2.10. The normalized spacial score (nSPS) is 12.8. The molecule has 3 heteroatoms. The molecule has 16 heavy (non-hydrogen) atoms. The second kappa shape index (κ2) is 5.12. The van der Waals surface area contributed by atoms with E-state index in [2.05, 4.69) is 0 Å². The van der Waals surface area contributed by atoms with Gasteiger partial charge in [0, 0.05) is 6.42 Å². The van der Waals surface area contributed by atoms with Crippen LogP contribution in [0.15, 0.2) is 18.2 Å². The Bertz CT molecular complexity index is 381. The lowest BCUT2D eigenvalue weighted by molar-refractivity contribution is 0.0965. The molecule has 88 valence electrons. The number of phenolic OH excluding ortho intramolecular Hbond substituents is 1. The van der Waals surface area contributed by atoms with Gasteiger partial charge in [0.2, 0.25) is 0 Å². The van der Waals surface area contributed by atoms with Crippen molar-refractivity contribution in [1.29, 1.82) is 0 Å². The van der Waals surface area contributed by atoms with Crippen molar-refractivity contribution in [2.24, 2.45) is 5.92 Å². The van der Waals surface area contributed by atoms with Gasteiger partial charge in [0.05, 0.1) is 11.7 Å². The Balaban J connectivity index is 3.02. The molecule has 1 aromatic rings. The second-order valence-corrected chi connectivity index (χ2v) is 4.47. The quantitative estimate of drug-likeness (QED) is 0.770. The number of carbonyl (C=O) groups is 1. The Morgan fingerprint density at radius 2 is 1.94 bits per heavy atom. The molecule has 0 aliphatic carbocycles. The highest BCUT2D eigenvalue weighted by Gasteiger charge is 2.14. The van der Waals surface area contributed by atoms with Gasteiger partial charge in [-0.25, -0.2) is 0 Å². The van der Waals surface area contributed by atoms with Gasteiger partial charge in [0.1, 0.15) is 5.75 Å². The zero-order chi connectivity index (χ0) is 12.3. The number of phenols is 1. The van der Waals surface area contributed by atoms with E-state index < -0.39 is 6.10 Å². The van der Waals surface area contributed by atoms with Crippen molar-refractivity contribution < 1.29 is 15.0 Å². The highest BCUT2D eigenvalue weighted by Crippen LogP contribution is 2.24. The standard InChI is InChI=1S/C13H18O3/c1-8(2)6-13(16)11-7-10(9(3)14)4-5-12(11)15/h4-5,7-9,14-15H,6H2,1-3H3. The molecule has 0 fully saturated rings. The molecule has 0 bridgehead atoms. The van der Waals surface area contributed by atoms with Gasteiger partial charge in [-0.15, -0.1) is 0 Å². The molecule has 0 aliphatic rings. The minimum absolute atomic E-state index is 0.0185. The van der Waals surface area contributed by atoms with E-state index in [1.807, 2.05) is 13.8 Å². The highest BCUT2D eigenvalue weighted by atomic mass is 16.3. The fraction of sp³-hybridized carbons (Fsp3) is 0.462. The van der Waals surface area contributed by atoms with Gasteiger partial charge in [-0.1, -0.05) is 19.9 Å². The molecular weight excluding hydrogens is 204 g/mol. The third-order valence-corrected chi connectivity index (χ3v) is 2.40. The van der Waals surface area contributed by atoms with Gasteiger partial charge in [-0.2, -0.15) is 0 Å². The van der Waals surface area contributed by atoms with Crippen LogP contribution in [0.3, 0.4) is 0 Å². The Morgan fingerprint density at radius 3 is 2.44 bits per heavy atom. The van der Waals surface area contributed by atoms with Gasteiger partial charge in [0.25, 0.3) is 0 Å². The van der Waals surface area contributed by atoms with E-state index in [1.165, 1.54) is 6.07 Å². The smallest absolute Gasteiger partial charge is 0.166 e. The molecule has 1 unspecified atom stereocenters. The van der Waals surface area contributed by atoms with E-state index in [9.17, 15) is 15.0 Å². The summed E-state index contributed by atoms with van der Waals surface area (Å²) in [5.74, 6) is 0.146. The van der Waals surface area contributed by atoms with Gasteiger partial charge in [-0.3, -0.25) is 4.79 Å². The summed E-state index contributed by atoms with van der Waals surface area (Å²) >= 11 is 0. The molecule has 0 amide bonds. The molecule has 0 saturated carbocycles. The number of hydrogen-bond donors (Lipinski definition) is 2. The number of aliphatic hydroxyl groups is 1. The number of aliphatic hydroxyl groups excluding tert-OH is 1. The summed E-state index contributed by atoms with van der Waals surface area (Å²) in [7, 11) is 0. The summed E-state index contributed by atoms with van der Waals surface area (Å²) in [6, 6.07) is 4.63. The van der Waals surface area contributed by atoms with Crippen LogP contribution in [-0.4, -0.2) is 16.0 Å². The van der Waals surface area contributed by atoms with Crippen LogP contribution in [-0.2, 0) is 0 Å². The Kier molecular flexibility index (Phi) is 4.07. The van der Waals surface area contributed by atoms with Crippen molar-refractivity contribution in [3.8, 4) is 5.75 Å². The van der Waals surface area contributed by atoms with Crippen LogP contribution >= 0.6 is 0 Å². The van der Waals surface area contributed by atoms with Crippen LogP contribution in [0, 0.1) is 5.92 Å². The molecule has 3 nitrogen and oxygen atoms in total. The molecule has 2 N–H and O–H groups in total. The Labute approximate surface area is 95.7 Å². The van der Waals surface area contributed by atoms with E-state index in [-0.39, 0.29) is 17.5 Å². The molecule has 0 saturated heterocycles. The third-order valence-electron chi connectivity index (χ3n) is 2.40. The summed E-state index contributed by atoms with van der Waals surface area (Å²) in [6.45, 7) is 5.53. The van der Waals surface area contributed by atoms with Crippen molar-refractivity contribution in [1.82, 2.24) is 0 Å². The maximum absolute atomic E-state index is 11.8. The number of aromatic hydroxyl groups is 1. The van der Waals surface area contributed by atoms with E-state index in [0.29, 0.717) is 17.5 Å². The molecule has 1 aromatic carbocycles. The summed E-state index contributed by atoms with van der Waals surface area (Å²) in [5.41, 5.74) is 0.942. The molecule has 0 aromatic heterocycles. The van der Waals surface area contributed by atoms with Crippen LogP contribution in [0.4, 0.5) is 0 Å². The number of rotatable bonds is 4. The van der Waals surface area contributed by atoms with E-state index in [1.54, 1.807) is 19.1 Å². The van der Waals surface area contributed by atoms with Crippen LogP contribution in [0.25, 0.3) is 0 Å². The van der Waals surface area contributed by atoms with E-state index in [4.69, 9.17) is 0 Å². The predicted octanol–water partition coefficient (Wildman–Crippen LogP) is 2.67. The third kappa shape index (κ3) is 3.07. The first-order chi connectivity index (χ1) is 7.41. The number of Topliss-reactive ketones (excluding diaryl/α,β-unsaturated/α-hetero) is 1. The predicted molar refractivity (Wildman–Crippen MR) is 62.5 cm³/mol. The van der Waals surface area contributed by atoms with Gasteiger partial charge < -0.3 is 10.2 Å². The van der Waals surface area contributed by atoms with Crippen molar-refractivity contribution >= 4 is 5.78 Å². The SMILES string of the molecule is CC(C)CC(=O)c1cc(C(C)O)ccc1O. The number of hydrogen-bond acceptors (Lipinski definition) is 3. The van der Waals surface area contributed by atoms with Crippen LogP contribution in [0.5, 0.6) is 5.75 Å². The topological polar surface area (TPSA) is 57.5 Å². The molecular formula is C13H18O3. The largest absolute Gasteiger partial charge is 0.507 e. The lowest BCUT2D eigenvalue weighted by atomic mass is 9.98. The monoisotopic (exact) mass is 222 g/mol. The summed E-state index contributed by atoms with van der Waals surface area (Å²) < 4.78 is 0. The van der Waals surface area contributed by atoms with Crippen LogP contribution in [0.2, 0.25) is 0 Å². The van der Waals surface area contributed by atoms with Crippen molar-refractivity contribution in [2.75, 3.05) is 0 Å². The van der Waals surface area contributed by atoms with Crippen molar-refractivity contribution in [3.63, 3.8) is 0 Å². The summed E-state index contributed by atoms with van der Waals surface area (Å²) in [4.78, 5) is 11.8. The first-order valence-electron chi connectivity index (χ1n) is 5.46. The second-order valence-electron chi connectivity index (χ2n) is 4.47. The first-order valence-corrected chi connectivity index (χ1v) is 5.46. The average molecular weight is 222 g/mol. The number of carbonyl (C=O) groups excluding carboxylic acids is 1. The van der Waals surface area contributed by atoms with Crippen molar-refractivity contribution in [2.45, 2.75) is 33.3 Å². The molecule has 0 heterocycles. The van der Waals surface area contributed by atoms with Crippen molar-refractivity contribution in [3.05, 3.63) is 29.3 Å². The number of ketones is 1. The molecule has 1 atom stereocenters. The highest BCUT2D eigenvalue weighted by molar-refractivity contribution is 5.98. The van der Waals surface area contributed by atoms with Crippen LogP contribution < -0.4 is 0 Å². The molecule has 0 spiro atoms. The minimum atomic E-state index is -0.633. The van der Waals surface area contributed by atoms with Gasteiger partial charge in [-0.05, 0) is 30.5 Å². The fourth-order valence-electron chi connectivity index (χ4n) is 1.52. The number of benzene rings is 1. The first kappa shape index (κ1) is 12.7. The zero-order valence-corrected chi connectivity index (χ0v) is 9.90. The van der Waals surface area contributed by atoms with E-state index in [0.717, 1.165) is 0 Å². The summed E-state index contributed by atoms with van der Waals surface area (Å²) in [6.07, 6.45) is -0.234. The molecule has 0 radical (unpaired) electrons. The minimum Gasteiger partial charge on any atom is -0.507 e. The molecule has 1 rings (SSSR count). The average Bonchev–Trinajstić information content (AvgIpc) is 2.16. The van der Waals surface area contributed by atoms with Crippen LogP contribution in [0.1, 0.15) is 49.2 Å². The zero-order valence-electron chi connectivity index (χ0n) is 9.90. The summed E-state index contributed by atoms with van der Waals surface area (Å²) in [5, 5.41) is 19.0. The maximum Gasteiger partial charge on any atom is 0.166 e. The maximum atomic E-state index is 11.8. The fourth-order valence-corrected chi connectivity index (χ4v) is 1.52. The molecule has 0 aliphatic heterocycles. The lowest BCUT2D eigenvalue weighted by Crippen LogP contribution is -2.05. The van der Waals surface area contributed by atoms with Gasteiger partial charge in [0.15, 0.2) is 5.78 Å². The Morgan fingerprint density at radius 1 is 1.31 bits per heavy atom.